The van der Waals surface area contributed by atoms with E-state index in [9.17, 15) is 32.3 Å². The van der Waals surface area contributed by atoms with E-state index in [0.29, 0.717) is 17.8 Å². The molecular formula is C28H26ClF3N4O4. The highest BCUT2D eigenvalue weighted by atomic mass is 35.5. The zero-order valence-corrected chi connectivity index (χ0v) is 22.0. The number of piperidine rings is 1. The van der Waals surface area contributed by atoms with Gasteiger partial charge in [-0.25, -0.2) is 0 Å². The minimum Gasteiger partial charge on any atom is -0.351 e. The lowest BCUT2D eigenvalue weighted by Gasteiger charge is -2.43. The number of imide groups is 2. The van der Waals surface area contributed by atoms with Crippen molar-refractivity contribution in [3.8, 4) is 0 Å². The van der Waals surface area contributed by atoms with Crippen molar-refractivity contribution in [1.82, 2.24) is 15.5 Å². The summed E-state index contributed by atoms with van der Waals surface area (Å²) in [6.07, 6.45) is -0.534. The van der Waals surface area contributed by atoms with Gasteiger partial charge < -0.3 is 10.6 Å². The maximum absolute atomic E-state index is 13.2. The number of amides is 4. The Labute approximate surface area is 232 Å². The molecule has 3 aliphatic rings. The van der Waals surface area contributed by atoms with Gasteiger partial charge in [0.1, 0.15) is 11.7 Å². The lowest BCUT2D eigenvalue weighted by atomic mass is 9.64. The van der Waals surface area contributed by atoms with E-state index in [1.807, 2.05) is 18.2 Å². The maximum atomic E-state index is 13.2. The molecule has 1 saturated heterocycles. The summed E-state index contributed by atoms with van der Waals surface area (Å²) in [5.74, 6) is -2.40. The fraction of sp³-hybridized carbons (Fsp3) is 0.357. The summed E-state index contributed by atoms with van der Waals surface area (Å²) in [5, 5.41) is 8.10. The van der Waals surface area contributed by atoms with E-state index in [4.69, 9.17) is 11.6 Å². The Balaban J connectivity index is 1.25. The van der Waals surface area contributed by atoms with Crippen LogP contribution in [0.2, 0.25) is 5.02 Å². The Morgan fingerprint density at radius 2 is 1.85 bits per heavy atom. The SMILES string of the molecule is O=C1CCC(N2C(=O)C=C(Nc3cccc(C4(CNCc5ccc(Cl)c(C(F)(F)F)c5)CCC4)c3)C2=O)C(=O)N1. The number of nitrogens with one attached hydrogen (secondary N) is 3. The van der Waals surface area contributed by atoms with Gasteiger partial charge in [-0.05, 0) is 54.7 Å². The molecule has 8 nitrogen and oxygen atoms in total. The van der Waals surface area contributed by atoms with Gasteiger partial charge in [0.2, 0.25) is 11.8 Å². The quantitative estimate of drug-likeness (QED) is 0.411. The van der Waals surface area contributed by atoms with Crippen molar-refractivity contribution in [3.63, 3.8) is 0 Å². The van der Waals surface area contributed by atoms with E-state index in [0.717, 1.165) is 41.9 Å². The summed E-state index contributed by atoms with van der Waals surface area (Å²) >= 11 is 5.73. The average molecular weight is 575 g/mol. The van der Waals surface area contributed by atoms with E-state index in [2.05, 4.69) is 16.0 Å². The number of alkyl halides is 3. The van der Waals surface area contributed by atoms with Crippen LogP contribution < -0.4 is 16.0 Å². The maximum Gasteiger partial charge on any atom is 0.417 e. The Morgan fingerprint density at radius 1 is 1.07 bits per heavy atom. The molecule has 1 aliphatic carbocycles. The highest BCUT2D eigenvalue weighted by Crippen LogP contribution is 2.44. The smallest absolute Gasteiger partial charge is 0.351 e. The third kappa shape index (κ3) is 5.48. The van der Waals surface area contributed by atoms with Gasteiger partial charge in [-0.2, -0.15) is 13.2 Å². The summed E-state index contributed by atoms with van der Waals surface area (Å²) in [7, 11) is 0. The first-order chi connectivity index (χ1) is 19.0. The zero-order valence-electron chi connectivity index (χ0n) is 21.2. The number of benzene rings is 2. The zero-order chi connectivity index (χ0) is 28.7. The number of hydrogen-bond acceptors (Lipinski definition) is 6. The first-order valence-corrected chi connectivity index (χ1v) is 13.2. The van der Waals surface area contributed by atoms with Crippen LogP contribution >= 0.6 is 11.6 Å². The molecule has 0 radical (unpaired) electrons. The molecule has 1 unspecified atom stereocenters. The Morgan fingerprint density at radius 3 is 2.52 bits per heavy atom. The highest BCUT2D eigenvalue weighted by Gasteiger charge is 2.43. The lowest BCUT2D eigenvalue weighted by Crippen LogP contribution is -2.54. The highest BCUT2D eigenvalue weighted by molar-refractivity contribution is 6.31. The molecule has 4 amide bonds. The molecule has 0 aromatic heterocycles. The fourth-order valence-electron chi connectivity index (χ4n) is 5.40. The first kappa shape index (κ1) is 27.9. The van der Waals surface area contributed by atoms with Crippen LogP contribution in [0.4, 0.5) is 18.9 Å². The summed E-state index contributed by atoms with van der Waals surface area (Å²) < 4.78 is 39.6. The van der Waals surface area contributed by atoms with Crippen molar-refractivity contribution in [2.45, 2.75) is 56.3 Å². The van der Waals surface area contributed by atoms with E-state index in [1.165, 1.54) is 6.07 Å². The van der Waals surface area contributed by atoms with Gasteiger partial charge in [0, 0.05) is 36.7 Å². The van der Waals surface area contributed by atoms with Gasteiger partial charge in [-0.1, -0.05) is 36.2 Å². The van der Waals surface area contributed by atoms with Gasteiger partial charge in [0.05, 0.1) is 10.6 Å². The second kappa shape index (κ2) is 10.7. The second-order valence-electron chi connectivity index (χ2n) is 10.3. The molecule has 3 N–H and O–H groups in total. The van der Waals surface area contributed by atoms with Crippen LogP contribution in [0.5, 0.6) is 0 Å². The molecule has 12 heteroatoms. The molecular weight excluding hydrogens is 549 g/mol. The number of nitrogens with zero attached hydrogens (tertiary/aromatic N) is 1. The Hall–Kier alpha value is -3.70. The molecule has 2 aromatic rings. The van der Waals surface area contributed by atoms with Crippen LogP contribution in [0.1, 0.15) is 48.8 Å². The predicted molar refractivity (Wildman–Crippen MR) is 140 cm³/mol. The molecule has 2 heterocycles. The normalized spacial score (nSPS) is 20.8. The minimum atomic E-state index is -4.53. The van der Waals surface area contributed by atoms with Crippen molar-refractivity contribution in [2.24, 2.45) is 0 Å². The number of rotatable bonds is 8. The van der Waals surface area contributed by atoms with Gasteiger partial charge in [-0.15, -0.1) is 0 Å². The van der Waals surface area contributed by atoms with Crippen LogP contribution in [-0.4, -0.2) is 41.1 Å². The molecule has 2 aliphatic heterocycles. The van der Waals surface area contributed by atoms with Crippen LogP contribution in [0.3, 0.4) is 0 Å². The number of carbonyl (C=O) groups is 4. The van der Waals surface area contributed by atoms with Crippen molar-refractivity contribution in [3.05, 3.63) is 76.0 Å². The predicted octanol–water partition coefficient (Wildman–Crippen LogP) is 4.04. The second-order valence-corrected chi connectivity index (χ2v) is 10.7. The summed E-state index contributed by atoms with van der Waals surface area (Å²) in [4.78, 5) is 50.1. The molecule has 2 aromatic carbocycles. The monoisotopic (exact) mass is 574 g/mol. The summed E-state index contributed by atoms with van der Waals surface area (Å²) in [6.45, 7) is 0.767. The molecule has 2 fully saturated rings. The fourth-order valence-corrected chi connectivity index (χ4v) is 5.62. The number of hydrogen-bond donors (Lipinski definition) is 3. The molecule has 0 bridgehead atoms. The van der Waals surface area contributed by atoms with Gasteiger partial charge in [0.25, 0.3) is 11.8 Å². The van der Waals surface area contributed by atoms with Crippen molar-refractivity contribution in [1.29, 1.82) is 0 Å². The molecule has 210 valence electrons. The van der Waals surface area contributed by atoms with Crippen LogP contribution in [0, 0.1) is 0 Å². The van der Waals surface area contributed by atoms with E-state index >= 15 is 0 Å². The van der Waals surface area contributed by atoms with Crippen LogP contribution in [-0.2, 0) is 37.3 Å². The molecule has 1 atom stereocenters. The van der Waals surface area contributed by atoms with Crippen molar-refractivity contribution >= 4 is 40.9 Å². The minimum absolute atomic E-state index is 0.0239. The number of halogens is 4. The molecule has 5 rings (SSSR count). The van der Waals surface area contributed by atoms with Crippen LogP contribution in [0.25, 0.3) is 0 Å². The van der Waals surface area contributed by atoms with Gasteiger partial charge in [-0.3, -0.25) is 29.4 Å². The summed E-state index contributed by atoms with van der Waals surface area (Å²) in [5.41, 5.74) is 0.960. The lowest BCUT2D eigenvalue weighted by molar-refractivity contribution is -0.149. The van der Waals surface area contributed by atoms with Crippen molar-refractivity contribution in [2.75, 3.05) is 11.9 Å². The Kier molecular flexibility index (Phi) is 7.45. The number of carbonyl (C=O) groups excluding carboxylic acids is 4. The number of anilines is 1. The largest absolute Gasteiger partial charge is 0.417 e. The standard InChI is InChI=1S/C28H26ClF3N4O4/c29-20-6-5-16(11-19(20)28(30,31)32)14-33-15-27(9-2-10-27)17-3-1-4-18(12-17)34-21-13-24(38)36(26(21)40)22-7-8-23(37)35-25(22)39/h1,3-6,11-13,22,33-34H,2,7-10,14-15H2,(H,35,37,39). The van der Waals surface area contributed by atoms with E-state index in [1.54, 1.807) is 12.1 Å². The third-order valence-corrected chi connectivity index (χ3v) is 8.00. The van der Waals surface area contributed by atoms with E-state index < -0.39 is 41.4 Å². The molecule has 1 saturated carbocycles. The van der Waals surface area contributed by atoms with Crippen molar-refractivity contribution < 1.29 is 32.3 Å². The van der Waals surface area contributed by atoms with Gasteiger partial charge >= 0.3 is 6.18 Å². The Bertz CT molecular complexity index is 1420. The third-order valence-electron chi connectivity index (χ3n) is 7.67. The average Bonchev–Trinajstić information content (AvgIpc) is 3.13. The molecule has 40 heavy (non-hydrogen) atoms. The molecule has 0 spiro atoms. The summed E-state index contributed by atoms with van der Waals surface area (Å²) in [6, 6.07) is 10.3. The first-order valence-electron chi connectivity index (χ1n) is 12.8. The van der Waals surface area contributed by atoms with Gasteiger partial charge in [0.15, 0.2) is 0 Å². The topological polar surface area (TPSA) is 108 Å². The van der Waals surface area contributed by atoms with Crippen LogP contribution in [0.15, 0.2) is 54.2 Å². The van der Waals surface area contributed by atoms with E-state index in [-0.39, 0.29) is 35.5 Å².